The minimum absolute atomic E-state index is 0.117. The third-order valence-electron chi connectivity index (χ3n) is 4.20. The normalized spacial score (nSPS) is 22.2. The summed E-state index contributed by atoms with van der Waals surface area (Å²) in [6, 6.07) is -0.117. The molecular formula is C14H21N5O2S. The average Bonchev–Trinajstić information content (AvgIpc) is 3.08. The van der Waals surface area contributed by atoms with Crippen LogP contribution in [0.5, 0.6) is 0 Å². The number of piperidine rings is 1. The molecule has 8 heteroatoms. The summed E-state index contributed by atoms with van der Waals surface area (Å²) in [7, 11) is 0. The van der Waals surface area contributed by atoms with Crippen LogP contribution >= 0.6 is 11.5 Å². The molecule has 120 valence electrons. The van der Waals surface area contributed by atoms with Gasteiger partial charge in [-0.2, -0.15) is 4.37 Å². The van der Waals surface area contributed by atoms with E-state index in [4.69, 9.17) is 0 Å². The van der Waals surface area contributed by atoms with Gasteiger partial charge in [0.25, 0.3) is 0 Å². The molecule has 2 fully saturated rings. The molecule has 1 aromatic rings. The Bertz CT molecular complexity index is 561. The zero-order valence-corrected chi connectivity index (χ0v) is 13.6. The molecule has 22 heavy (non-hydrogen) atoms. The van der Waals surface area contributed by atoms with Crippen LogP contribution in [0.2, 0.25) is 0 Å². The van der Waals surface area contributed by atoms with Gasteiger partial charge in [0.05, 0.1) is 0 Å². The number of amides is 3. The fourth-order valence-electron chi connectivity index (χ4n) is 3.13. The number of carbonyl (C=O) groups is 2. The number of urea groups is 1. The van der Waals surface area contributed by atoms with Gasteiger partial charge in [0.15, 0.2) is 0 Å². The van der Waals surface area contributed by atoms with Crippen molar-refractivity contribution in [1.82, 2.24) is 19.2 Å². The smallest absolute Gasteiger partial charge is 0.323 e. The number of carbonyl (C=O) groups excluding carboxylic acids is 2. The van der Waals surface area contributed by atoms with E-state index in [9.17, 15) is 9.59 Å². The first-order chi connectivity index (χ1) is 10.6. The Morgan fingerprint density at radius 1 is 1.41 bits per heavy atom. The molecule has 0 radical (unpaired) electrons. The molecule has 2 saturated heterocycles. The van der Waals surface area contributed by atoms with E-state index in [2.05, 4.69) is 14.7 Å². The molecule has 0 spiro atoms. The molecule has 0 bridgehead atoms. The van der Waals surface area contributed by atoms with Gasteiger partial charge in [-0.1, -0.05) is 0 Å². The van der Waals surface area contributed by atoms with Crippen molar-refractivity contribution in [3.05, 3.63) is 5.82 Å². The molecule has 1 atom stereocenters. The third-order valence-corrected chi connectivity index (χ3v) is 4.92. The lowest BCUT2D eigenvalue weighted by Gasteiger charge is -2.34. The summed E-state index contributed by atoms with van der Waals surface area (Å²) < 4.78 is 4.06. The predicted molar refractivity (Wildman–Crippen MR) is 83.8 cm³/mol. The highest BCUT2D eigenvalue weighted by Crippen LogP contribution is 2.21. The number of hydrogen-bond donors (Lipinski definition) is 1. The van der Waals surface area contributed by atoms with Crippen molar-refractivity contribution in [3.8, 4) is 0 Å². The van der Waals surface area contributed by atoms with Crippen LogP contribution in [0.4, 0.5) is 9.93 Å². The van der Waals surface area contributed by atoms with Crippen LogP contribution in [0.1, 0.15) is 31.5 Å². The summed E-state index contributed by atoms with van der Waals surface area (Å²) in [5, 5.41) is 3.35. The predicted octanol–water partition coefficient (Wildman–Crippen LogP) is 1.71. The Hall–Kier alpha value is -1.70. The minimum atomic E-state index is -0.117. The molecule has 0 saturated carbocycles. The average molecular weight is 323 g/mol. The molecule has 0 aliphatic carbocycles. The number of anilines is 1. The first kappa shape index (κ1) is 15.2. The fourth-order valence-corrected chi connectivity index (χ4v) is 3.69. The summed E-state index contributed by atoms with van der Waals surface area (Å²) in [6.45, 7) is 4.91. The molecule has 3 amide bonds. The van der Waals surface area contributed by atoms with E-state index in [0.717, 1.165) is 38.9 Å². The number of likely N-dealkylation sites (tertiary alicyclic amines) is 2. The van der Waals surface area contributed by atoms with E-state index in [1.54, 1.807) is 6.92 Å². The van der Waals surface area contributed by atoms with E-state index in [-0.39, 0.29) is 11.9 Å². The van der Waals surface area contributed by atoms with Crippen molar-refractivity contribution in [1.29, 1.82) is 0 Å². The van der Waals surface area contributed by atoms with E-state index in [1.165, 1.54) is 11.5 Å². The van der Waals surface area contributed by atoms with Gasteiger partial charge in [0.1, 0.15) is 5.82 Å². The van der Waals surface area contributed by atoms with E-state index in [0.29, 0.717) is 29.8 Å². The monoisotopic (exact) mass is 323 g/mol. The molecular weight excluding hydrogens is 302 g/mol. The maximum absolute atomic E-state index is 12.3. The first-order valence-electron chi connectivity index (χ1n) is 7.76. The highest BCUT2D eigenvalue weighted by Gasteiger charge is 2.28. The van der Waals surface area contributed by atoms with E-state index < -0.39 is 0 Å². The molecule has 1 aromatic heterocycles. The first-order valence-corrected chi connectivity index (χ1v) is 8.53. The molecule has 3 rings (SSSR count). The Labute approximate surface area is 133 Å². The van der Waals surface area contributed by atoms with E-state index in [1.807, 2.05) is 9.80 Å². The summed E-state index contributed by atoms with van der Waals surface area (Å²) in [4.78, 5) is 31.9. The van der Waals surface area contributed by atoms with Crippen molar-refractivity contribution in [3.63, 3.8) is 0 Å². The van der Waals surface area contributed by atoms with Crippen molar-refractivity contribution >= 4 is 28.6 Å². The van der Waals surface area contributed by atoms with Crippen molar-refractivity contribution in [2.24, 2.45) is 5.92 Å². The van der Waals surface area contributed by atoms with Crippen molar-refractivity contribution in [2.75, 3.05) is 31.5 Å². The van der Waals surface area contributed by atoms with Gasteiger partial charge in [0, 0.05) is 44.1 Å². The van der Waals surface area contributed by atoms with Gasteiger partial charge in [0.2, 0.25) is 11.0 Å². The molecule has 2 aliphatic rings. The molecule has 0 unspecified atom stereocenters. The second kappa shape index (κ2) is 6.60. The summed E-state index contributed by atoms with van der Waals surface area (Å²) >= 11 is 1.20. The third kappa shape index (κ3) is 3.55. The molecule has 2 aliphatic heterocycles. The standard InChI is InChI=1S/C14H21N5O2S/c1-10-15-13(22-17-10)16-14(21)19-7-2-4-11(9-19)8-18-6-3-5-12(18)20/h11H,2-9H2,1H3,(H,15,16,17,21)/t11-/m0/s1. The summed E-state index contributed by atoms with van der Waals surface area (Å²) in [6.07, 6.45) is 3.69. The zero-order valence-electron chi connectivity index (χ0n) is 12.7. The summed E-state index contributed by atoms with van der Waals surface area (Å²) in [5.74, 6) is 1.30. The minimum Gasteiger partial charge on any atom is -0.342 e. The topological polar surface area (TPSA) is 78.4 Å². The largest absolute Gasteiger partial charge is 0.342 e. The molecule has 1 N–H and O–H groups in total. The van der Waals surface area contributed by atoms with E-state index >= 15 is 0 Å². The van der Waals surface area contributed by atoms with Crippen LogP contribution in [-0.4, -0.2) is 57.3 Å². The van der Waals surface area contributed by atoms with Crippen LogP contribution in [0.15, 0.2) is 0 Å². The number of nitrogens with zero attached hydrogens (tertiary/aromatic N) is 4. The molecule has 3 heterocycles. The van der Waals surface area contributed by atoms with Crippen LogP contribution in [0, 0.1) is 12.8 Å². The number of aromatic nitrogens is 2. The maximum Gasteiger partial charge on any atom is 0.323 e. The quantitative estimate of drug-likeness (QED) is 0.918. The van der Waals surface area contributed by atoms with Gasteiger partial charge in [-0.05, 0) is 32.1 Å². The number of rotatable bonds is 3. The van der Waals surface area contributed by atoms with Gasteiger partial charge < -0.3 is 9.80 Å². The number of aryl methyl sites for hydroxylation is 1. The zero-order chi connectivity index (χ0) is 15.5. The Morgan fingerprint density at radius 2 is 2.27 bits per heavy atom. The number of hydrogen-bond acceptors (Lipinski definition) is 5. The second-order valence-corrected chi connectivity index (χ2v) is 6.73. The van der Waals surface area contributed by atoms with Crippen molar-refractivity contribution < 1.29 is 9.59 Å². The lowest BCUT2D eigenvalue weighted by Crippen LogP contribution is -2.45. The molecule has 0 aromatic carbocycles. The van der Waals surface area contributed by atoms with Gasteiger partial charge in [-0.3, -0.25) is 10.1 Å². The van der Waals surface area contributed by atoms with Crippen molar-refractivity contribution in [2.45, 2.75) is 32.6 Å². The SMILES string of the molecule is Cc1nsc(NC(=O)N2CCC[C@@H](CN3CCCC3=O)C2)n1. The van der Waals surface area contributed by atoms with Crippen LogP contribution in [-0.2, 0) is 4.79 Å². The van der Waals surface area contributed by atoms with Crippen LogP contribution in [0.3, 0.4) is 0 Å². The lowest BCUT2D eigenvalue weighted by atomic mass is 9.98. The highest BCUT2D eigenvalue weighted by atomic mass is 32.1. The second-order valence-electron chi connectivity index (χ2n) is 5.97. The highest BCUT2D eigenvalue weighted by molar-refractivity contribution is 7.09. The molecule has 7 nitrogen and oxygen atoms in total. The van der Waals surface area contributed by atoms with Gasteiger partial charge in [-0.15, -0.1) is 0 Å². The summed E-state index contributed by atoms with van der Waals surface area (Å²) in [5.41, 5.74) is 0. The number of nitrogens with one attached hydrogen (secondary N) is 1. The lowest BCUT2D eigenvalue weighted by molar-refractivity contribution is -0.128. The Kier molecular flexibility index (Phi) is 4.56. The maximum atomic E-state index is 12.3. The Morgan fingerprint density at radius 3 is 2.95 bits per heavy atom. The van der Waals surface area contributed by atoms with Crippen LogP contribution in [0.25, 0.3) is 0 Å². The fraction of sp³-hybridized carbons (Fsp3) is 0.714. The van der Waals surface area contributed by atoms with Crippen LogP contribution < -0.4 is 5.32 Å². The van der Waals surface area contributed by atoms with Gasteiger partial charge >= 0.3 is 6.03 Å². The Balaban J connectivity index is 1.53. The van der Waals surface area contributed by atoms with Gasteiger partial charge in [-0.25, -0.2) is 9.78 Å².